The lowest BCUT2D eigenvalue weighted by atomic mass is 10.1. The van der Waals surface area contributed by atoms with E-state index in [1.165, 1.54) is 0 Å². The summed E-state index contributed by atoms with van der Waals surface area (Å²) in [7, 11) is -3.43. The number of aromatic nitrogens is 2. The topological polar surface area (TPSA) is 93.1 Å². The van der Waals surface area contributed by atoms with Gasteiger partial charge in [0, 0.05) is 5.69 Å². The fourth-order valence-electron chi connectivity index (χ4n) is 2.88. The molecule has 0 fully saturated rings. The van der Waals surface area contributed by atoms with E-state index in [-0.39, 0.29) is 10.7 Å². The number of hydrogen-bond acceptors (Lipinski definition) is 4. The highest BCUT2D eigenvalue weighted by atomic mass is 35.5. The van der Waals surface area contributed by atoms with Crippen LogP contribution in [-0.4, -0.2) is 30.4 Å². The molecule has 0 unspecified atom stereocenters. The summed E-state index contributed by atoms with van der Waals surface area (Å²) >= 11 is 6.43. The zero-order chi connectivity index (χ0) is 21.2. The number of sulfonamides is 1. The minimum Gasteiger partial charge on any atom is -0.322 e. The number of rotatable bonds is 6. The summed E-state index contributed by atoms with van der Waals surface area (Å²) in [5, 5.41) is 7.38. The largest absolute Gasteiger partial charge is 0.322 e. The van der Waals surface area contributed by atoms with E-state index in [2.05, 4.69) is 15.1 Å². The first-order valence-electron chi connectivity index (χ1n) is 8.80. The lowest BCUT2D eigenvalue weighted by Gasteiger charge is -2.11. The normalized spacial score (nSPS) is 11.3. The van der Waals surface area contributed by atoms with Gasteiger partial charge in [-0.3, -0.25) is 9.52 Å². The summed E-state index contributed by atoms with van der Waals surface area (Å²) in [5.74, 6) is -0.416. The van der Waals surface area contributed by atoms with Crippen molar-refractivity contribution < 1.29 is 13.2 Å². The second kappa shape index (κ2) is 8.26. The fraction of sp³-hybridized carbons (Fsp3) is 0.200. The molecule has 0 aliphatic rings. The van der Waals surface area contributed by atoms with E-state index >= 15 is 0 Å². The SMILES string of the molecule is Cc1ccc(NC(=O)c2c(C)nn(Cc3ccccc3)c2Cl)cc1NS(C)(=O)=O. The molecule has 152 valence electrons. The van der Waals surface area contributed by atoms with Gasteiger partial charge in [-0.1, -0.05) is 48.0 Å². The second-order valence-electron chi connectivity index (χ2n) is 6.75. The number of nitrogens with zero attached hydrogens (tertiary/aromatic N) is 2. The fourth-order valence-corrected chi connectivity index (χ4v) is 3.81. The summed E-state index contributed by atoms with van der Waals surface area (Å²) < 4.78 is 27.1. The molecule has 0 saturated heterocycles. The van der Waals surface area contributed by atoms with Gasteiger partial charge in [-0.25, -0.2) is 13.1 Å². The number of anilines is 2. The molecule has 0 aliphatic heterocycles. The zero-order valence-corrected chi connectivity index (χ0v) is 17.8. The Morgan fingerprint density at radius 1 is 1.14 bits per heavy atom. The van der Waals surface area contributed by atoms with Crippen molar-refractivity contribution in [3.05, 3.63) is 76.1 Å². The molecular formula is C20H21ClN4O3S. The molecule has 0 bridgehead atoms. The molecule has 0 aliphatic carbocycles. The highest BCUT2D eigenvalue weighted by Gasteiger charge is 2.21. The Morgan fingerprint density at radius 3 is 2.48 bits per heavy atom. The minimum absolute atomic E-state index is 0.241. The summed E-state index contributed by atoms with van der Waals surface area (Å²) in [4.78, 5) is 12.8. The molecule has 7 nitrogen and oxygen atoms in total. The summed E-state index contributed by atoms with van der Waals surface area (Å²) in [6, 6.07) is 14.7. The average molecular weight is 433 g/mol. The van der Waals surface area contributed by atoms with Crippen molar-refractivity contribution >= 4 is 38.9 Å². The van der Waals surface area contributed by atoms with Gasteiger partial charge in [0.2, 0.25) is 10.0 Å². The first-order valence-corrected chi connectivity index (χ1v) is 11.1. The van der Waals surface area contributed by atoms with E-state index < -0.39 is 15.9 Å². The minimum atomic E-state index is -3.43. The Morgan fingerprint density at radius 2 is 1.83 bits per heavy atom. The number of nitrogens with one attached hydrogen (secondary N) is 2. The summed E-state index contributed by atoms with van der Waals surface area (Å²) in [6.07, 6.45) is 1.07. The molecule has 3 rings (SSSR count). The number of amides is 1. The van der Waals surface area contributed by atoms with Crippen molar-refractivity contribution in [1.29, 1.82) is 0 Å². The van der Waals surface area contributed by atoms with Gasteiger partial charge in [0.1, 0.15) is 5.15 Å². The Labute approximate surface area is 174 Å². The van der Waals surface area contributed by atoms with Crippen LogP contribution >= 0.6 is 11.6 Å². The van der Waals surface area contributed by atoms with Crippen molar-refractivity contribution in [3.8, 4) is 0 Å². The third kappa shape index (κ3) is 5.16. The maximum absolute atomic E-state index is 12.8. The van der Waals surface area contributed by atoms with Crippen LogP contribution in [0.3, 0.4) is 0 Å². The number of carbonyl (C=O) groups is 1. The smallest absolute Gasteiger partial charge is 0.260 e. The molecule has 0 saturated carbocycles. The van der Waals surface area contributed by atoms with Gasteiger partial charge in [-0.05, 0) is 37.1 Å². The maximum Gasteiger partial charge on any atom is 0.260 e. The molecule has 0 radical (unpaired) electrons. The summed E-state index contributed by atoms with van der Waals surface area (Å²) in [6.45, 7) is 3.93. The molecule has 1 amide bonds. The average Bonchev–Trinajstić information content (AvgIpc) is 2.91. The molecule has 3 aromatic rings. The van der Waals surface area contributed by atoms with Gasteiger partial charge < -0.3 is 5.32 Å². The highest BCUT2D eigenvalue weighted by Crippen LogP contribution is 2.25. The maximum atomic E-state index is 12.8. The molecule has 1 aromatic heterocycles. The molecule has 0 spiro atoms. The van der Waals surface area contributed by atoms with Crippen molar-refractivity contribution in [2.24, 2.45) is 0 Å². The third-order valence-corrected chi connectivity index (χ3v) is 5.23. The Hall–Kier alpha value is -2.84. The van der Waals surface area contributed by atoms with Gasteiger partial charge >= 0.3 is 0 Å². The van der Waals surface area contributed by atoms with E-state index in [1.807, 2.05) is 30.3 Å². The second-order valence-corrected chi connectivity index (χ2v) is 8.86. The Balaban J connectivity index is 1.84. The molecule has 9 heteroatoms. The van der Waals surface area contributed by atoms with Crippen molar-refractivity contribution in [3.63, 3.8) is 0 Å². The van der Waals surface area contributed by atoms with Crippen molar-refractivity contribution in [1.82, 2.24) is 9.78 Å². The van der Waals surface area contributed by atoms with Crippen molar-refractivity contribution in [2.75, 3.05) is 16.3 Å². The zero-order valence-electron chi connectivity index (χ0n) is 16.2. The number of aryl methyl sites for hydroxylation is 2. The van der Waals surface area contributed by atoms with Crippen LogP contribution < -0.4 is 10.0 Å². The molecule has 2 aromatic carbocycles. The standard InChI is InChI=1S/C20H21ClN4O3S/c1-13-9-10-16(11-17(13)24-29(3,27)28)22-20(26)18-14(2)23-25(19(18)21)12-15-7-5-4-6-8-15/h4-11,24H,12H2,1-3H3,(H,22,26). The van der Waals surface area contributed by atoms with Crippen LogP contribution in [0.4, 0.5) is 11.4 Å². The van der Waals surface area contributed by atoms with Gasteiger partial charge in [0.05, 0.1) is 29.7 Å². The molecule has 29 heavy (non-hydrogen) atoms. The van der Waals surface area contributed by atoms with Crippen molar-refractivity contribution in [2.45, 2.75) is 20.4 Å². The third-order valence-electron chi connectivity index (χ3n) is 4.26. The Bertz CT molecular complexity index is 1160. The number of halogens is 1. The van der Waals surface area contributed by atoms with Crippen LogP contribution in [0.25, 0.3) is 0 Å². The lowest BCUT2D eigenvalue weighted by Crippen LogP contribution is -2.15. The first kappa shape index (κ1) is 20.9. The van der Waals surface area contributed by atoms with Gasteiger partial charge in [-0.2, -0.15) is 5.10 Å². The highest BCUT2D eigenvalue weighted by molar-refractivity contribution is 7.92. The van der Waals surface area contributed by atoms with E-state index in [1.54, 1.807) is 36.7 Å². The van der Waals surface area contributed by atoms with E-state index in [0.717, 1.165) is 17.4 Å². The predicted octanol–water partition coefficient (Wildman–Crippen LogP) is 3.83. The number of hydrogen-bond donors (Lipinski definition) is 2. The van der Waals surface area contributed by atoms with Crippen LogP contribution in [0.1, 0.15) is 27.2 Å². The van der Waals surface area contributed by atoms with Crippen LogP contribution in [0, 0.1) is 13.8 Å². The first-order chi connectivity index (χ1) is 13.6. The van der Waals surface area contributed by atoms with Crippen LogP contribution in [-0.2, 0) is 16.6 Å². The lowest BCUT2D eigenvalue weighted by molar-refractivity contribution is 0.102. The quantitative estimate of drug-likeness (QED) is 0.619. The molecule has 1 heterocycles. The molecule has 0 atom stereocenters. The number of benzene rings is 2. The van der Waals surface area contributed by atoms with Gasteiger partial charge in [0.15, 0.2) is 0 Å². The van der Waals surface area contributed by atoms with Crippen LogP contribution in [0.15, 0.2) is 48.5 Å². The van der Waals surface area contributed by atoms with E-state index in [4.69, 9.17) is 11.6 Å². The Kier molecular flexibility index (Phi) is 5.95. The van der Waals surface area contributed by atoms with Crippen LogP contribution in [0.5, 0.6) is 0 Å². The van der Waals surface area contributed by atoms with E-state index in [0.29, 0.717) is 23.6 Å². The monoisotopic (exact) mass is 432 g/mol. The summed E-state index contributed by atoms with van der Waals surface area (Å²) in [5.41, 5.74) is 3.37. The molecule has 2 N–H and O–H groups in total. The molecular weight excluding hydrogens is 412 g/mol. The van der Waals surface area contributed by atoms with Gasteiger partial charge in [-0.15, -0.1) is 0 Å². The van der Waals surface area contributed by atoms with Crippen LogP contribution in [0.2, 0.25) is 5.15 Å². The number of carbonyl (C=O) groups excluding carboxylic acids is 1. The predicted molar refractivity (Wildman–Crippen MR) is 115 cm³/mol. The van der Waals surface area contributed by atoms with E-state index in [9.17, 15) is 13.2 Å². The van der Waals surface area contributed by atoms with Gasteiger partial charge in [0.25, 0.3) is 5.91 Å².